The Kier molecular flexibility index (Phi) is 4.42. The van der Waals surface area contributed by atoms with E-state index in [9.17, 15) is 4.79 Å². The maximum Gasteiger partial charge on any atom is 0.317 e. The van der Waals surface area contributed by atoms with Gasteiger partial charge in [-0.15, -0.1) is 0 Å². The molecule has 2 amide bonds. The second-order valence-electron chi connectivity index (χ2n) is 6.25. The van der Waals surface area contributed by atoms with Crippen LogP contribution in [-0.2, 0) is 11.3 Å². The molecule has 3 aromatic heterocycles. The second-order valence-corrected chi connectivity index (χ2v) is 7.03. The zero-order valence-corrected chi connectivity index (χ0v) is 14.8. The van der Waals surface area contributed by atoms with E-state index < -0.39 is 0 Å². The third-order valence-electron chi connectivity index (χ3n) is 4.30. The van der Waals surface area contributed by atoms with Gasteiger partial charge in [-0.1, -0.05) is 6.07 Å². The van der Waals surface area contributed by atoms with Crippen molar-refractivity contribution < 1.29 is 9.53 Å². The predicted octanol–water partition coefficient (Wildman–Crippen LogP) is 3.07. The van der Waals surface area contributed by atoms with Crippen LogP contribution < -0.4 is 5.32 Å². The summed E-state index contributed by atoms with van der Waals surface area (Å²) < 4.78 is 7.93. The van der Waals surface area contributed by atoms with Crippen LogP contribution in [0.5, 0.6) is 0 Å². The molecule has 2 atom stereocenters. The third-order valence-corrected chi connectivity index (χ3v) is 5.00. The number of fused-ring (bicyclic) bond motifs is 1. The van der Waals surface area contributed by atoms with Crippen LogP contribution in [-0.4, -0.2) is 39.5 Å². The average molecular weight is 356 g/mol. The Morgan fingerprint density at radius 1 is 1.40 bits per heavy atom. The largest absolute Gasteiger partial charge is 0.367 e. The number of pyridine rings is 1. The Hall–Kier alpha value is -2.38. The highest BCUT2D eigenvalue weighted by Gasteiger charge is 2.29. The van der Waals surface area contributed by atoms with Crippen molar-refractivity contribution in [2.45, 2.75) is 25.7 Å². The first-order valence-electron chi connectivity index (χ1n) is 8.32. The number of carbonyl (C=O) groups is 1. The van der Waals surface area contributed by atoms with Gasteiger partial charge in [0.2, 0.25) is 0 Å². The number of aromatic nitrogens is 2. The zero-order valence-electron chi connectivity index (χ0n) is 14.0. The molecule has 4 rings (SSSR count). The number of thiophene rings is 1. The molecule has 1 fully saturated rings. The number of ether oxygens (including phenoxy) is 1. The number of morpholine rings is 1. The van der Waals surface area contributed by atoms with Crippen molar-refractivity contribution in [3.63, 3.8) is 0 Å². The molecule has 130 valence electrons. The van der Waals surface area contributed by atoms with Crippen molar-refractivity contribution in [3.8, 4) is 0 Å². The van der Waals surface area contributed by atoms with Gasteiger partial charge in [0.15, 0.2) is 0 Å². The van der Waals surface area contributed by atoms with Gasteiger partial charge in [0.1, 0.15) is 11.8 Å². The molecule has 0 spiro atoms. The van der Waals surface area contributed by atoms with Crippen LogP contribution in [0, 0.1) is 0 Å². The summed E-state index contributed by atoms with van der Waals surface area (Å²) in [5.41, 5.74) is 2.86. The Morgan fingerprint density at radius 2 is 2.32 bits per heavy atom. The van der Waals surface area contributed by atoms with E-state index in [1.165, 1.54) is 0 Å². The molecule has 25 heavy (non-hydrogen) atoms. The number of nitrogens with zero attached hydrogens (tertiary/aromatic N) is 3. The molecule has 0 bridgehead atoms. The van der Waals surface area contributed by atoms with Gasteiger partial charge in [-0.25, -0.2) is 9.78 Å². The summed E-state index contributed by atoms with van der Waals surface area (Å²) in [6.45, 7) is 3.58. The van der Waals surface area contributed by atoms with E-state index in [1.54, 1.807) is 11.3 Å². The highest BCUT2D eigenvalue weighted by Crippen LogP contribution is 2.26. The van der Waals surface area contributed by atoms with E-state index >= 15 is 0 Å². The van der Waals surface area contributed by atoms with Gasteiger partial charge in [0, 0.05) is 18.9 Å². The molecule has 0 aromatic carbocycles. The first-order chi connectivity index (χ1) is 12.2. The number of imidazole rings is 1. The van der Waals surface area contributed by atoms with Gasteiger partial charge in [-0.05, 0) is 41.4 Å². The molecule has 0 aliphatic carbocycles. The fraction of sp³-hybridized carbons (Fsp3) is 0.333. The van der Waals surface area contributed by atoms with Crippen molar-refractivity contribution in [2.24, 2.45) is 0 Å². The van der Waals surface area contributed by atoms with E-state index in [2.05, 4.69) is 21.7 Å². The number of carbonyl (C=O) groups excluding carboxylic acids is 1. The molecule has 0 saturated carbocycles. The number of nitrogens with one attached hydrogen (secondary N) is 1. The lowest BCUT2D eigenvalue weighted by Crippen LogP contribution is -2.49. The van der Waals surface area contributed by atoms with Gasteiger partial charge in [-0.2, -0.15) is 11.3 Å². The van der Waals surface area contributed by atoms with Crippen LogP contribution in [0.3, 0.4) is 0 Å². The second kappa shape index (κ2) is 6.85. The fourth-order valence-corrected chi connectivity index (χ4v) is 3.81. The molecule has 3 aromatic rings. The summed E-state index contributed by atoms with van der Waals surface area (Å²) in [6, 6.07) is 7.83. The molecule has 0 radical (unpaired) electrons. The lowest BCUT2D eigenvalue weighted by atomic mass is 10.1. The minimum atomic E-state index is -0.0764. The summed E-state index contributed by atoms with van der Waals surface area (Å²) in [5, 5.41) is 7.09. The molecule has 1 aliphatic heterocycles. The number of rotatable bonds is 3. The van der Waals surface area contributed by atoms with Crippen LogP contribution in [0.4, 0.5) is 4.79 Å². The summed E-state index contributed by atoms with van der Waals surface area (Å²) in [5.74, 6) is 0. The number of hydrogen-bond donors (Lipinski definition) is 1. The maximum atomic E-state index is 12.6. The third kappa shape index (κ3) is 3.52. The molecule has 6 nitrogen and oxygen atoms in total. The van der Waals surface area contributed by atoms with E-state index in [4.69, 9.17) is 4.74 Å². The topological polar surface area (TPSA) is 58.9 Å². The van der Waals surface area contributed by atoms with Crippen molar-refractivity contribution in [1.29, 1.82) is 0 Å². The van der Waals surface area contributed by atoms with Crippen LogP contribution in [0.2, 0.25) is 0 Å². The van der Waals surface area contributed by atoms with Crippen molar-refractivity contribution in [3.05, 3.63) is 58.7 Å². The minimum Gasteiger partial charge on any atom is -0.367 e. The summed E-state index contributed by atoms with van der Waals surface area (Å²) in [4.78, 5) is 18.9. The van der Waals surface area contributed by atoms with Gasteiger partial charge >= 0.3 is 6.03 Å². The summed E-state index contributed by atoms with van der Waals surface area (Å²) in [7, 11) is 0. The van der Waals surface area contributed by atoms with Crippen molar-refractivity contribution in [2.75, 3.05) is 13.1 Å². The van der Waals surface area contributed by atoms with Gasteiger partial charge in [0.25, 0.3) is 0 Å². The predicted molar refractivity (Wildman–Crippen MR) is 96.6 cm³/mol. The Balaban J connectivity index is 1.39. The normalized spacial score (nSPS) is 20.8. The van der Waals surface area contributed by atoms with E-state index in [1.807, 2.05) is 52.2 Å². The van der Waals surface area contributed by atoms with Crippen LogP contribution >= 0.6 is 11.3 Å². The van der Waals surface area contributed by atoms with Gasteiger partial charge < -0.3 is 19.4 Å². The van der Waals surface area contributed by atoms with Crippen LogP contribution in [0.25, 0.3) is 5.65 Å². The quantitative estimate of drug-likeness (QED) is 0.785. The Bertz CT molecular complexity index is 828. The van der Waals surface area contributed by atoms with Crippen LogP contribution in [0.15, 0.2) is 47.4 Å². The minimum absolute atomic E-state index is 0.0135. The summed E-state index contributed by atoms with van der Waals surface area (Å²) in [6.07, 6.45) is 3.84. The van der Waals surface area contributed by atoms with Crippen molar-refractivity contribution in [1.82, 2.24) is 19.6 Å². The lowest BCUT2D eigenvalue weighted by molar-refractivity contribution is -0.0655. The Morgan fingerprint density at radius 3 is 3.12 bits per heavy atom. The molecular formula is C18H20N4O2S. The standard InChI is InChI=1S/C18H20N4O2S/c1-13-9-22(11-16(24-13)14-5-7-25-12-14)18(23)19-8-15-10-21-6-3-2-4-17(21)20-15/h2-7,10,12-13,16H,8-9,11H2,1H3,(H,19,23). The Labute approximate surface area is 150 Å². The number of urea groups is 1. The van der Waals surface area contributed by atoms with Crippen LogP contribution in [0.1, 0.15) is 24.3 Å². The van der Waals surface area contributed by atoms with Gasteiger partial charge in [0.05, 0.1) is 24.9 Å². The molecule has 4 heterocycles. The highest BCUT2D eigenvalue weighted by molar-refractivity contribution is 7.07. The van der Waals surface area contributed by atoms with Gasteiger partial charge in [-0.3, -0.25) is 0 Å². The molecule has 7 heteroatoms. The molecule has 1 aliphatic rings. The monoisotopic (exact) mass is 356 g/mol. The zero-order chi connectivity index (χ0) is 17.2. The van der Waals surface area contributed by atoms with E-state index in [0.29, 0.717) is 19.6 Å². The maximum absolute atomic E-state index is 12.6. The lowest BCUT2D eigenvalue weighted by Gasteiger charge is -2.36. The smallest absolute Gasteiger partial charge is 0.317 e. The molecule has 2 unspecified atom stereocenters. The fourth-order valence-electron chi connectivity index (χ4n) is 3.11. The molecular weight excluding hydrogens is 336 g/mol. The molecule has 1 N–H and O–H groups in total. The van der Waals surface area contributed by atoms with E-state index in [-0.39, 0.29) is 18.2 Å². The first kappa shape index (κ1) is 16.1. The average Bonchev–Trinajstić information content (AvgIpc) is 3.28. The number of amides is 2. The summed E-state index contributed by atoms with van der Waals surface area (Å²) >= 11 is 1.64. The van der Waals surface area contributed by atoms with E-state index in [0.717, 1.165) is 16.9 Å². The first-order valence-corrected chi connectivity index (χ1v) is 9.26. The highest BCUT2D eigenvalue weighted by atomic mass is 32.1. The SMILES string of the molecule is CC1CN(C(=O)NCc2cn3ccccc3n2)CC(c2ccsc2)O1. The number of hydrogen-bond acceptors (Lipinski definition) is 4. The molecule has 1 saturated heterocycles. The van der Waals surface area contributed by atoms with Crippen molar-refractivity contribution >= 4 is 23.0 Å².